The molecule has 254 valence electrons. The summed E-state index contributed by atoms with van der Waals surface area (Å²) < 4.78 is 2.28. The molecule has 49 heavy (non-hydrogen) atoms. The number of carbonyl (C=O) groups is 3. The smallest absolute Gasteiger partial charge is 0.248 e. The Bertz CT molecular complexity index is 1990. The summed E-state index contributed by atoms with van der Waals surface area (Å²) in [6, 6.07) is 7.02. The number of ketones is 1. The summed E-state index contributed by atoms with van der Waals surface area (Å²) in [6.07, 6.45) is 13.4. The number of Topliss-reactive ketones (excluding diaryl/α,β-unsaturated/α-hetero) is 1. The van der Waals surface area contributed by atoms with E-state index >= 15 is 0 Å². The van der Waals surface area contributed by atoms with Crippen molar-refractivity contribution in [2.24, 2.45) is 5.41 Å². The van der Waals surface area contributed by atoms with Gasteiger partial charge >= 0.3 is 0 Å². The maximum Gasteiger partial charge on any atom is 0.248 e. The number of halogens is 1. The van der Waals surface area contributed by atoms with Crippen LogP contribution in [0.15, 0.2) is 47.3 Å². The van der Waals surface area contributed by atoms with Gasteiger partial charge in [0.15, 0.2) is 5.78 Å². The van der Waals surface area contributed by atoms with Crippen molar-refractivity contribution in [3.63, 3.8) is 0 Å². The summed E-state index contributed by atoms with van der Waals surface area (Å²) in [5.74, 6) is 0.524. The first-order valence-electron chi connectivity index (χ1n) is 17.0. The zero-order chi connectivity index (χ0) is 34.4. The molecule has 0 unspecified atom stereocenters. The molecule has 5 heterocycles. The predicted molar refractivity (Wildman–Crippen MR) is 192 cm³/mol. The zero-order valence-corrected chi connectivity index (χ0v) is 30.0. The highest BCUT2D eigenvalue weighted by Crippen LogP contribution is 2.60. The van der Waals surface area contributed by atoms with Crippen LogP contribution >= 0.6 is 15.9 Å². The van der Waals surface area contributed by atoms with Gasteiger partial charge in [-0.25, -0.2) is 15.0 Å². The van der Waals surface area contributed by atoms with Gasteiger partial charge in [-0.2, -0.15) is 5.10 Å². The molecule has 11 nitrogen and oxygen atoms in total. The van der Waals surface area contributed by atoms with E-state index in [0.29, 0.717) is 39.3 Å². The Morgan fingerprint density at radius 3 is 2.61 bits per heavy atom. The first kappa shape index (κ1) is 33.2. The van der Waals surface area contributed by atoms with E-state index in [1.165, 1.54) is 6.92 Å². The minimum absolute atomic E-state index is 0.0490. The number of pyridine rings is 1. The SMILES string of the molecule is CC(=O)c1nn2c3c(cc(-c4cnc(C)nc4)cc13)/C=C/CCCCCN(C)C[C@@]13C[C@@H](C(=O)Nc4nc(Br)ccc4C)N(C(=O)C2)[C@@H]1C3. The van der Waals surface area contributed by atoms with Crippen LogP contribution in [0.1, 0.15) is 72.9 Å². The van der Waals surface area contributed by atoms with Crippen LogP contribution in [0.5, 0.6) is 0 Å². The Kier molecular flexibility index (Phi) is 8.95. The van der Waals surface area contributed by atoms with E-state index in [1.54, 1.807) is 22.0 Å². The molecule has 2 bridgehead atoms. The number of nitrogens with zero attached hydrogens (tertiary/aromatic N) is 7. The highest BCUT2D eigenvalue weighted by Gasteiger charge is 2.67. The van der Waals surface area contributed by atoms with Gasteiger partial charge in [-0.1, -0.05) is 24.6 Å². The van der Waals surface area contributed by atoms with Crippen molar-refractivity contribution in [2.75, 3.05) is 25.5 Å². The third-order valence-electron chi connectivity index (χ3n) is 10.2. The Hall–Kier alpha value is -4.29. The maximum absolute atomic E-state index is 14.5. The van der Waals surface area contributed by atoms with Gasteiger partial charge in [0.25, 0.3) is 0 Å². The lowest BCUT2D eigenvalue weighted by molar-refractivity contribution is -0.138. The third-order valence-corrected chi connectivity index (χ3v) is 10.7. The van der Waals surface area contributed by atoms with Gasteiger partial charge in [-0.3, -0.25) is 19.1 Å². The number of hydrogen-bond acceptors (Lipinski definition) is 8. The summed E-state index contributed by atoms with van der Waals surface area (Å²) in [5, 5.41) is 8.45. The number of rotatable bonds is 4. The van der Waals surface area contributed by atoms with E-state index < -0.39 is 6.04 Å². The van der Waals surface area contributed by atoms with Crippen LogP contribution in [0.25, 0.3) is 28.1 Å². The zero-order valence-electron chi connectivity index (χ0n) is 28.4. The predicted octanol–water partition coefficient (Wildman–Crippen LogP) is 5.99. The Balaban J connectivity index is 1.30. The fourth-order valence-electron chi connectivity index (χ4n) is 7.69. The number of aryl methyl sites for hydroxylation is 2. The van der Waals surface area contributed by atoms with E-state index in [0.717, 1.165) is 67.4 Å². The number of allylic oxidation sites excluding steroid dienone is 1. The third kappa shape index (κ3) is 6.55. The van der Waals surface area contributed by atoms with Crippen molar-refractivity contribution in [3.05, 3.63) is 70.0 Å². The molecular weight excluding hydrogens is 684 g/mol. The van der Waals surface area contributed by atoms with Crippen molar-refractivity contribution in [1.82, 2.24) is 34.5 Å². The van der Waals surface area contributed by atoms with Crippen LogP contribution < -0.4 is 5.32 Å². The Labute approximate surface area is 294 Å². The molecule has 2 aliphatic heterocycles. The second-order valence-electron chi connectivity index (χ2n) is 13.9. The Morgan fingerprint density at radius 1 is 1.04 bits per heavy atom. The van der Waals surface area contributed by atoms with Crippen LogP contribution in [0.2, 0.25) is 0 Å². The minimum atomic E-state index is -0.652. The van der Waals surface area contributed by atoms with E-state index in [1.807, 2.05) is 38.1 Å². The molecule has 2 amide bonds. The molecule has 4 aromatic rings. The van der Waals surface area contributed by atoms with Gasteiger partial charge in [0.1, 0.15) is 34.5 Å². The largest absolute Gasteiger partial charge is 0.325 e. The molecule has 3 aromatic heterocycles. The molecule has 3 atom stereocenters. The maximum atomic E-state index is 14.5. The van der Waals surface area contributed by atoms with Gasteiger partial charge in [-0.15, -0.1) is 0 Å². The lowest BCUT2D eigenvalue weighted by Crippen LogP contribution is -2.47. The molecule has 1 saturated carbocycles. The monoisotopic (exact) mass is 724 g/mol. The first-order chi connectivity index (χ1) is 23.5. The molecule has 1 N–H and O–H groups in total. The van der Waals surface area contributed by atoms with Crippen molar-refractivity contribution in [3.8, 4) is 11.1 Å². The molecule has 12 heteroatoms. The average molecular weight is 726 g/mol. The number of hydrogen-bond donors (Lipinski definition) is 1. The van der Waals surface area contributed by atoms with Crippen LogP contribution in [0.3, 0.4) is 0 Å². The van der Waals surface area contributed by atoms with Gasteiger partial charge in [0.2, 0.25) is 11.8 Å². The van der Waals surface area contributed by atoms with Gasteiger partial charge in [0.05, 0.1) is 5.52 Å². The van der Waals surface area contributed by atoms with Gasteiger partial charge in [0, 0.05) is 53.8 Å². The molecule has 1 aliphatic carbocycles. The van der Waals surface area contributed by atoms with Crippen LogP contribution in [0, 0.1) is 19.3 Å². The number of benzene rings is 1. The molecular formula is C37H41BrN8O3. The fraction of sp³-hybridized carbons (Fsp3) is 0.432. The van der Waals surface area contributed by atoms with Gasteiger partial charge < -0.3 is 15.1 Å². The minimum Gasteiger partial charge on any atom is -0.325 e. The van der Waals surface area contributed by atoms with Crippen molar-refractivity contribution in [2.45, 2.75) is 77.9 Å². The normalized spacial score (nSPS) is 23.6. The van der Waals surface area contributed by atoms with Crippen molar-refractivity contribution in [1.29, 1.82) is 0 Å². The van der Waals surface area contributed by atoms with Crippen molar-refractivity contribution >= 4 is 56.3 Å². The van der Waals surface area contributed by atoms with Crippen LogP contribution in [-0.2, 0) is 16.1 Å². The number of nitrogens with one attached hydrogen (secondary N) is 1. The number of carbonyl (C=O) groups excluding carboxylic acids is 3. The van der Waals surface area contributed by atoms with E-state index in [2.05, 4.69) is 60.3 Å². The summed E-state index contributed by atoms with van der Waals surface area (Å²) in [7, 11) is 2.14. The number of amides is 2. The summed E-state index contributed by atoms with van der Waals surface area (Å²) in [4.78, 5) is 58.9. The van der Waals surface area contributed by atoms with E-state index in [-0.39, 0.29) is 35.6 Å². The summed E-state index contributed by atoms with van der Waals surface area (Å²) in [6.45, 7) is 6.93. The molecule has 2 fully saturated rings. The number of aromatic nitrogens is 5. The topological polar surface area (TPSA) is 126 Å². The van der Waals surface area contributed by atoms with Gasteiger partial charge in [-0.05, 0) is 105 Å². The molecule has 1 aromatic carbocycles. The average Bonchev–Trinajstić information content (AvgIpc) is 3.45. The number of piperidine rings is 1. The highest BCUT2D eigenvalue weighted by molar-refractivity contribution is 9.10. The number of anilines is 1. The molecule has 3 aliphatic rings. The first-order valence-corrected chi connectivity index (χ1v) is 17.8. The second-order valence-corrected chi connectivity index (χ2v) is 14.7. The molecule has 1 saturated heterocycles. The molecule has 0 radical (unpaired) electrons. The highest BCUT2D eigenvalue weighted by atomic mass is 79.9. The van der Waals surface area contributed by atoms with E-state index in [4.69, 9.17) is 5.10 Å². The Morgan fingerprint density at radius 2 is 1.84 bits per heavy atom. The molecule has 7 rings (SSSR count). The lowest BCUT2D eigenvalue weighted by atomic mass is 9.98. The van der Waals surface area contributed by atoms with Crippen molar-refractivity contribution < 1.29 is 14.4 Å². The quantitative estimate of drug-likeness (QED) is 0.201. The second kappa shape index (κ2) is 13.2. The molecule has 0 spiro atoms. The fourth-order valence-corrected chi connectivity index (χ4v) is 8.00. The summed E-state index contributed by atoms with van der Waals surface area (Å²) >= 11 is 3.41. The van der Waals surface area contributed by atoms with Crippen LogP contribution in [-0.4, -0.2) is 84.4 Å². The van der Waals surface area contributed by atoms with E-state index in [9.17, 15) is 14.4 Å². The standard InChI is InChI=1S/C37H41BrN8O3/c1-22-11-12-31(38)41-35(22)42-36(49)29-16-37-17-30(37)46(29)32(48)20-45-34-25(10-8-6-5-7-9-13-44(4)21-37)14-26(27-18-39-24(3)40-19-27)15-28(34)33(43-45)23(2)47/h8,10-12,14-15,18-19,29-30H,5-7,9,13,16-17,20-21H2,1-4H3,(H,41,42,49)/b10-8+/t29-,30+,37-/m0/s1. The lowest BCUT2D eigenvalue weighted by Gasteiger charge is -2.27. The summed E-state index contributed by atoms with van der Waals surface area (Å²) in [5.41, 5.74) is 4.26. The van der Waals surface area contributed by atoms with Crippen LogP contribution in [0.4, 0.5) is 5.82 Å².